The molecule has 8 nitrogen and oxygen atoms in total. The Bertz CT molecular complexity index is 1650. The number of benzene rings is 3. The van der Waals surface area contributed by atoms with Gasteiger partial charge >= 0.3 is 5.97 Å². The first-order chi connectivity index (χ1) is 18.6. The molecule has 2 amide bonds. The Balaban J connectivity index is 1.35. The van der Waals surface area contributed by atoms with Gasteiger partial charge in [-0.25, -0.2) is 18.0 Å². The SMILES string of the molecule is Cc1cc2c(Oc3cc(F)c(NC(=O)C4(C(=O)Nc5ccc(F)cc5)CC4)cc3F)ccnc2cc1C(=O)O. The fourth-order valence-electron chi connectivity index (χ4n) is 4.12. The smallest absolute Gasteiger partial charge is 0.336 e. The largest absolute Gasteiger partial charge is 0.478 e. The zero-order valence-corrected chi connectivity index (χ0v) is 20.3. The number of rotatable bonds is 7. The molecule has 0 aliphatic heterocycles. The summed E-state index contributed by atoms with van der Waals surface area (Å²) in [6.07, 6.45) is 1.75. The number of carbonyl (C=O) groups is 3. The average Bonchev–Trinajstić information content (AvgIpc) is 3.70. The van der Waals surface area contributed by atoms with Crippen molar-refractivity contribution in [3.63, 3.8) is 0 Å². The van der Waals surface area contributed by atoms with E-state index in [-0.39, 0.29) is 35.4 Å². The van der Waals surface area contributed by atoms with E-state index in [2.05, 4.69) is 15.6 Å². The number of nitrogens with one attached hydrogen (secondary N) is 2. The van der Waals surface area contributed by atoms with E-state index in [4.69, 9.17) is 4.74 Å². The Hall–Kier alpha value is -4.93. The second-order valence-electron chi connectivity index (χ2n) is 9.16. The lowest BCUT2D eigenvalue weighted by Crippen LogP contribution is -2.35. The van der Waals surface area contributed by atoms with E-state index in [1.54, 1.807) is 6.92 Å². The van der Waals surface area contributed by atoms with Crippen LogP contribution in [0.1, 0.15) is 28.8 Å². The maximum atomic E-state index is 15.0. The van der Waals surface area contributed by atoms with Crippen molar-refractivity contribution in [3.05, 3.63) is 89.4 Å². The number of aromatic nitrogens is 1. The second-order valence-corrected chi connectivity index (χ2v) is 9.16. The molecule has 39 heavy (non-hydrogen) atoms. The van der Waals surface area contributed by atoms with Crippen molar-refractivity contribution >= 4 is 40.1 Å². The Morgan fingerprint density at radius 1 is 0.897 bits per heavy atom. The number of hydrogen-bond donors (Lipinski definition) is 3. The minimum absolute atomic E-state index is 0.0456. The monoisotopic (exact) mass is 535 g/mol. The van der Waals surface area contributed by atoms with Crippen molar-refractivity contribution in [1.82, 2.24) is 4.98 Å². The highest BCUT2D eigenvalue weighted by atomic mass is 19.1. The van der Waals surface area contributed by atoms with E-state index < -0.39 is 52.1 Å². The topological polar surface area (TPSA) is 118 Å². The Morgan fingerprint density at radius 2 is 1.59 bits per heavy atom. The minimum Gasteiger partial charge on any atom is -0.478 e. The number of carboxylic acid groups (broad SMARTS) is 1. The quantitative estimate of drug-likeness (QED) is 0.257. The molecule has 0 spiro atoms. The van der Waals surface area contributed by atoms with Crippen molar-refractivity contribution in [2.45, 2.75) is 19.8 Å². The van der Waals surface area contributed by atoms with E-state index in [0.29, 0.717) is 10.9 Å². The van der Waals surface area contributed by atoms with Crippen LogP contribution in [-0.4, -0.2) is 27.9 Å². The molecule has 0 saturated heterocycles. The van der Waals surface area contributed by atoms with Gasteiger partial charge in [-0.3, -0.25) is 14.6 Å². The summed E-state index contributed by atoms with van der Waals surface area (Å²) in [5, 5.41) is 14.5. The summed E-state index contributed by atoms with van der Waals surface area (Å²) in [4.78, 5) is 41.1. The van der Waals surface area contributed by atoms with Gasteiger partial charge in [0.05, 0.1) is 16.8 Å². The number of carboxylic acids is 1. The van der Waals surface area contributed by atoms with Gasteiger partial charge in [-0.15, -0.1) is 0 Å². The van der Waals surface area contributed by atoms with Crippen LogP contribution >= 0.6 is 0 Å². The van der Waals surface area contributed by atoms with E-state index in [1.807, 2.05) is 0 Å². The Kier molecular flexibility index (Phi) is 6.43. The van der Waals surface area contributed by atoms with E-state index >= 15 is 0 Å². The first kappa shape index (κ1) is 25.7. The lowest BCUT2D eigenvalue weighted by Gasteiger charge is -2.17. The number of aryl methyl sites for hydroxylation is 1. The number of fused-ring (bicyclic) bond motifs is 1. The summed E-state index contributed by atoms with van der Waals surface area (Å²) in [6.45, 7) is 1.59. The summed E-state index contributed by atoms with van der Waals surface area (Å²) in [6, 6.07) is 10.8. The average molecular weight is 535 g/mol. The van der Waals surface area contributed by atoms with Crippen LogP contribution in [0.15, 0.2) is 60.8 Å². The number of aromatic carboxylic acids is 1. The van der Waals surface area contributed by atoms with Crippen molar-refractivity contribution in [3.8, 4) is 11.5 Å². The molecule has 1 aromatic heterocycles. The zero-order chi connectivity index (χ0) is 27.9. The van der Waals surface area contributed by atoms with Crippen molar-refractivity contribution in [2.75, 3.05) is 10.6 Å². The molecule has 5 rings (SSSR count). The highest BCUT2D eigenvalue weighted by Gasteiger charge is 2.56. The molecule has 0 atom stereocenters. The van der Waals surface area contributed by atoms with Crippen LogP contribution in [0.3, 0.4) is 0 Å². The standard InChI is InChI=1S/C28H20F3N3O5/c1-14-10-18-21(11-17(14)25(35)36)32-9-6-23(18)39-24-13-19(30)22(12-20(24)31)34-27(38)28(7-8-28)26(37)33-16-4-2-15(29)3-5-16/h2-6,9-13H,7-8H2,1H3,(H,33,37)(H,34,38)(H,35,36). The first-order valence-corrected chi connectivity index (χ1v) is 11.8. The zero-order valence-electron chi connectivity index (χ0n) is 20.3. The molecule has 3 N–H and O–H groups in total. The van der Waals surface area contributed by atoms with Gasteiger partial charge in [-0.1, -0.05) is 0 Å². The van der Waals surface area contributed by atoms with Gasteiger partial charge in [0.2, 0.25) is 11.8 Å². The summed E-state index contributed by atoms with van der Waals surface area (Å²) in [5.74, 6) is -5.42. The molecule has 1 aliphatic carbocycles. The van der Waals surface area contributed by atoms with Gasteiger partial charge in [-0.05, 0) is 67.8 Å². The molecule has 4 aromatic rings. The van der Waals surface area contributed by atoms with Gasteiger partial charge < -0.3 is 20.5 Å². The van der Waals surface area contributed by atoms with Crippen LogP contribution in [0.4, 0.5) is 24.5 Å². The predicted octanol–water partition coefficient (Wildman–Crippen LogP) is 5.81. The molecule has 198 valence electrons. The predicted molar refractivity (Wildman–Crippen MR) is 135 cm³/mol. The number of halogens is 3. The maximum Gasteiger partial charge on any atom is 0.336 e. The molecular formula is C28H20F3N3O5. The molecule has 1 saturated carbocycles. The number of hydrogen-bond acceptors (Lipinski definition) is 5. The number of carbonyl (C=O) groups excluding carboxylic acids is 2. The summed E-state index contributed by atoms with van der Waals surface area (Å²) < 4.78 is 48.6. The second kappa shape index (κ2) is 9.75. The number of nitrogens with zero attached hydrogens (tertiary/aromatic N) is 1. The third-order valence-corrected chi connectivity index (χ3v) is 6.49. The summed E-state index contributed by atoms with van der Waals surface area (Å²) in [7, 11) is 0. The third-order valence-electron chi connectivity index (χ3n) is 6.49. The highest BCUT2D eigenvalue weighted by molar-refractivity contribution is 6.17. The number of anilines is 2. The number of amides is 2. The molecule has 1 heterocycles. The van der Waals surface area contributed by atoms with Gasteiger partial charge in [0.15, 0.2) is 17.4 Å². The molecule has 0 bridgehead atoms. The summed E-state index contributed by atoms with van der Waals surface area (Å²) >= 11 is 0. The molecule has 1 aliphatic rings. The minimum atomic E-state index is -1.46. The van der Waals surface area contributed by atoms with Gasteiger partial charge in [0.25, 0.3) is 0 Å². The van der Waals surface area contributed by atoms with Crippen molar-refractivity contribution < 1.29 is 37.4 Å². The normalized spacial score (nSPS) is 13.5. The van der Waals surface area contributed by atoms with Crippen molar-refractivity contribution in [1.29, 1.82) is 0 Å². The number of pyridine rings is 1. The Labute approximate surface area is 219 Å². The third kappa shape index (κ3) is 4.98. The first-order valence-electron chi connectivity index (χ1n) is 11.8. The van der Waals surface area contributed by atoms with Crippen molar-refractivity contribution in [2.24, 2.45) is 5.41 Å². The summed E-state index contributed by atoms with van der Waals surface area (Å²) in [5.41, 5.74) is -0.896. The van der Waals surface area contributed by atoms with Gasteiger partial charge in [0.1, 0.15) is 17.0 Å². The van der Waals surface area contributed by atoms with Crippen LogP contribution in [0.5, 0.6) is 11.5 Å². The van der Waals surface area contributed by atoms with Gasteiger partial charge in [-0.2, -0.15) is 0 Å². The van der Waals surface area contributed by atoms with Gasteiger partial charge in [0, 0.05) is 29.4 Å². The highest BCUT2D eigenvalue weighted by Crippen LogP contribution is 2.48. The molecule has 11 heteroatoms. The lowest BCUT2D eigenvalue weighted by molar-refractivity contribution is -0.131. The molecule has 0 unspecified atom stereocenters. The van der Waals surface area contributed by atoms with E-state index in [0.717, 1.165) is 24.3 Å². The van der Waals surface area contributed by atoms with E-state index in [9.17, 15) is 32.7 Å². The Morgan fingerprint density at radius 3 is 2.26 bits per heavy atom. The molecular weight excluding hydrogens is 515 g/mol. The lowest BCUT2D eigenvalue weighted by atomic mass is 10.0. The van der Waals surface area contributed by atoms with Crippen LogP contribution in [-0.2, 0) is 9.59 Å². The fraction of sp³-hybridized carbons (Fsp3) is 0.143. The van der Waals surface area contributed by atoms with Crippen LogP contribution in [0.2, 0.25) is 0 Å². The number of ether oxygens (including phenoxy) is 1. The molecule has 0 radical (unpaired) electrons. The molecule has 1 fully saturated rings. The van der Waals surface area contributed by atoms with Crippen LogP contribution in [0, 0.1) is 29.8 Å². The molecule has 3 aromatic carbocycles. The fourth-order valence-corrected chi connectivity index (χ4v) is 4.12. The van der Waals surface area contributed by atoms with E-state index in [1.165, 1.54) is 36.5 Å². The maximum absolute atomic E-state index is 15.0. The van der Waals surface area contributed by atoms with Crippen LogP contribution in [0.25, 0.3) is 10.9 Å². The van der Waals surface area contributed by atoms with Crippen LogP contribution < -0.4 is 15.4 Å².